The number of benzene rings is 2. The molecule has 124 valence electrons. The van der Waals surface area contributed by atoms with Crippen molar-refractivity contribution in [1.82, 2.24) is 4.98 Å². The van der Waals surface area contributed by atoms with Crippen molar-refractivity contribution >= 4 is 44.7 Å². The molecule has 3 aromatic rings. The Morgan fingerprint density at radius 1 is 1.33 bits per heavy atom. The van der Waals surface area contributed by atoms with Crippen LogP contribution < -0.4 is 10.1 Å². The summed E-state index contributed by atoms with van der Waals surface area (Å²) in [5.74, 6) is 0.480. The highest BCUT2D eigenvalue weighted by atomic mass is 35.5. The third-order valence-corrected chi connectivity index (χ3v) is 5.16. The number of ether oxygens (including phenoxy) is 1. The molecule has 0 saturated carbocycles. The number of hydrogen-bond acceptors (Lipinski definition) is 4. The van der Waals surface area contributed by atoms with Crippen LogP contribution in [0.1, 0.15) is 17.0 Å². The van der Waals surface area contributed by atoms with Crippen molar-refractivity contribution in [2.45, 2.75) is 19.8 Å². The first-order chi connectivity index (χ1) is 11.6. The number of para-hydroxylation sites is 1. The van der Waals surface area contributed by atoms with Crippen molar-refractivity contribution in [1.29, 1.82) is 0 Å². The van der Waals surface area contributed by atoms with E-state index in [0.717, 1.165) is 20.8 Å². The summed E-state index contributed by atoms with van der Waals surface area (Å²) in [6.45, 7) is 1.89. The zero-order valence-electron chi connectivity index (χ0n) is 13.4. The van der Waals surface area contributed by atoms with Crippen LogP contribution in [0.5, 0.6) is 5.75 Å². The van der Waals surface area contributed by atoms with Gasteiger partial charge in [0, 0.05) is 23.9 Å². The van der Waals surface area contributed by atoms with Gasteiger partial charge in [0.25, 0.3) is 0 Å². The molecule has 0 saturated heterocycles. The summed E-state index contributed by atoms with van der Waals surface area (Å²) in [5.41, 5.74) is 2.50. The van der Waals surface area contributed by atoms with E-state index in [-0.39, 0.29) is 5.91 Å². The summed E-state index contributed by atoms with van der Waals surface area (Å²) < 4.78 is 6.42. The third kappa shape index (κ3) is 3.68. The predicted octanol–water partition coefficient (Wildman–Crippen LogP) is 4.84. The van der Waals surface area contributed by atoms with Crippen molar-refractivity contribution in [3.63, 3.8) is 0 Å². The average molecular weight is 361 g/mol. The van der Waals surface area contributed by atoms with Gasteiger partial charge in [-0.3, -0.25) is 4.79 Å². The van der Waals surface area contributed by atoms with Gasteiger partial charge in [-0.05, 0) is 30.7 Å². The van der Waals surface area contributed by atoms with Gasteiger partial charge in [0.05, 0.1) is 28.0 Å². The Balaban J connectivity index is 1.66. The fourth-order valence-electron chi connectivity index (χ4n) is 2.39. The number of hydrogen-bond donors (Lipinski definition) is 1. The van der Waals surface area contributed by atoms with Gasteiger partial charge in [-0.1, -0.05) is 23.7 Å². The fraction of sp³-hybridized carbons (Fsp3) is 0.222. The van der Waals surface area contributed by atoms with Crippen LogP contribution in [-0.2, 0) is 11.2 Å². The molecule has 0 aliphatic heterocycles. The molecule has 0 fully saturated rings. The second kappa shape index (κ2) is 7.20. The second-order valence-electron chi connectivity index (χ2n) is 5.43. The molecule has 0 aliphatic carbocycles. The van der Waals surface area contributed by atoms with E-state index in [4.69, 9.17) is 16.3 Å². The van der Waals surface area contributed by atoms with Gasteiger partial charge >= 0.3 is 0 Å². The minimum atomic E-state index is -0.0747. The minimum Gasteiger partial charge on any atom is -0.495 e. The number of rotatable bonds is 5. The van der Waals surface area contributed by atoms with E-state index >= 15 is 0 Å². The molecule has 0 bridgehead atoms. The number of amides is 1. The summed E-state index contributed by atoms with van der Waals surface area (Å²) in [5, 5.41) is 4.46. The fourth-order valence-corrected chi connectivity index (χ4v) is 3.51. The van der Waals surface area contributed by atoms with Crippen LogP contribution in [0.25, 0.3) is 10.2 Å². The van der Waals surface area contributed by atoms with E-state index in [9.17, 15) is 4.79 Å². The zero-order valence-corrected chi connectivity index (χ0v) is 15.0. The number of aryl methyl sites for hydroxylation is 2. The highest BCUT2D eigenvalue weighted by molar-refractivity contribution is 7.18. The van der Waals surface area contributed by atoms with Gasteiger partial charge in [0.1, 0.15) is 5.75 Å². The third-order valence-electron chi connectivity index (χ3n) is 3.66. The van der Waals surface area contributed by atoms with E-state index in [2.05, 4.69) is 10.3 Å². The van der Waals surface area contributed by atoms with Crippen LogP contribution >= 0.6 is 22.9 Å². The molecule has 24 heavy (non-hydrogen) atoms. The predicted molar refractivity (Wildman–Crippen MR) is 99.3 cm³/mol. The Bertz CT molecular complexity index is 859. The molecule has 3 rings (SSSR count). The van der Waals surface area contributed by atoms with Crippen molar-refractivity contribution in [3.8, 4) is 5.75 Å². The smallest absolute Gasteiger partial charge is 0.224 e. The van der Waals surface area contributed by atoms with Gasteiger partial charge in [0.15, 0.2) is 0 Å². The van der Waals surface area contributed by atoms with Crippen LogP contribution in [0.4, 0.5) is 5.69 Å². The standard InChI is InChI=1S/C18H17ClN2O2S/c1-11-9-14(15(23-2)10-12(11)19)20-17(22)7-8-18-21-13-5-3-4-6-16(13)24-18/h3-6,9-10H,7-8H2,1-2H3,(H,20,22). The Morgan fingerprint density at radius 2 is 2.12 bits per heavy atom. The van der Waals surface area contributed by atoms with E-state index in [1.807, 2.05) is 37.3 Å². The lowest BCUT2D eigenvalue weighted by atomic mass is 10.2. The normalized spacial score (nSPS) is 10.8. The lowest BCUT2D eigenvalue weighted by Gasteiger charge is -2.12. The Morgan fingerprint density at radius 3 is 2.88 bits per heavy atom. The molecule has 6 heteroatoms. The quantitative estimate of drug-likeness (QED) is 0.708. The van der Waals surface area contributed by atoms with Crippen LogP contribution in [0.15, 0.2) is 36.4 Å². The number of carbonyl (C=O) groups is 1. The average Bonchev–Trinajstić information content (AvgIpc) is 2.99. The van der Waals surface area contributed by atoms with Crippen molar-refractivity contribution in [3.05, 3.63) is 52.0 Å². The molecule has 0 spiro atoms. The number of aromatic nitrogens is 1. The molecule has 0 aliphatic rings. The molecule has 1 N–H and O–H groups in total. The molecule has 0 radical (unpaired) electrons. The molecule has 1 heterocycles. The number of nitrogens with zero attached hydrogens (tertiary/aromatic N) is 1. The number of nitrogens with one attached hydrogen (secondary N) is 1. The van der Waals surface area contributed by atoms with Gasteiger partial charge in [-0.15, -0.1) is 11.3 Å². The number of anilines is 1. The molecular formula is C18H17ClN2O2S. The highest BCUT2D eigenvalue weighted by Gasteiger charge is 2.11. The SMILES string of the molecule is COc1cc(Cl)c(C)cc1NC(=O)CCc1nc2ccccc2s1. The lowest BCUT2D eigenvalue weighted by Crippen LogP contribution is -2.13. The maximum Gasteiger partial charge on any atom is 0.224 e. The van der Waals surface area contributed by atoms with Crippen LogP contribution in [0.3, 0.4) is 0 Å². The monoisotopic (exact) mass is 360 g/mol. The number of carbonyl (C=O) groups excluding carboxylic acids is 1. The van der Waals surface area contributed by atoms with Gasteiger partial charge < -0.3 is 10.1 Å². The molecule has 1 amide bonds. The first kappa shape index (κ1) is 16.7. The van der Waals surface area contributed by atoms with Gasteiger partial charge in [-0.2, -0.15) is 0 Å². The van der Waals surface area contributed by atoms with Crippen LogP contribution in [-0.4, -0.2) is 18.0 Å². The van der Waals surface area contributed by atoms with Crippen molar-refractivity contribution in [2.75, 3.05) is 12.4 Å². The summed E-state index contributed by atoms with van der Waals surface area (Å²) >= 11 is 7.71. The van der Waals surface area contributed by atoms with Gasteiger partial charge in [0.2, 0.25) is 5.91 Å². The summed E-state index contributed by atoms with van der Waals surface area (Å²) in [4.78, 5) is 16.8. The maximum atomic E-state index is 12.2. The number of fused-ring (bicyclic) bond motifs is 1. The number of halogens is 1. The lowest BCUT2D eigenvalue weighted by molar-refractivity contribution is -0.116. The Hall–Kier alpha value is -2.11. The van der Waals surface area contributed by atoms with Crippen LogP contribution in [0.2, 0.25) is 5.02 Å². The first-order valence-corrected chi connectivity index (χ1v) is 8.74. The molecule has 4 nitrogen and oxygen atoms in total. The van der Waals surface area contributed by atoms with Crippen LogP contribution in [0, 0.1) is 6.92 Å². The summed E-state index contributed by atoms with van der Waals surface area (Å²) in [7, 11) is 1.55. The molecule has 2 aromatic carbocycles. The highest BCUT2D eigenvalue weighted by Crippen LogP contribution is 2.31. The number of thiazole rings is 1. The van der Waals surface area contributed by atoms with E-state index in [1.54, 1.807) is 24.5 Å². The van der Waals surface area contributed by atoms with E-state index in [1.165, 1.54) is 0 Å². The maximum absolute atomic E-state index is 12.2. The topological polar surface area (TPSA) is 51.2 Å². The van der Waals surface area contributed by atoms with Gasteiger partial charge in [-0.25, -0.2) is 4.98 Å². The second-order valence-corrected chi connectivity index (χ2v) is 6.95. The van der Waals surface area contributed by atoms with Crippen molar-refractivity contribution in [2.24, 2.45) is 0 Å². The molecular weight excluding hydrogens is 344 g/mol. The summed E-state index contributed by atoms with van der Waals surface area (Å²) in [6, 6.07) is 11.5. The molecule has 0 atom stereocenters. The Labute approximate surface area is 149 Å². The minimum absolute atomic E-state index is 0.0747. The largest absolute Gasteiger partial charge is 0.495 e. The Kier molecular flexibility index (Phi) is 5.02. The zero-order chi connectivity index (χ0) is 17.1. The summed E-state index contributed by atoms with van der Waals surface area (Å²) in [6.07, 6.45) is 0.977. The first-order valence-electron chi connectivity index (χ1n) is 7.55. The van der Waals surface area contributed by atoms with Crippen molar-refractivity contribution < 1.29 is 9.53 Å². The number of methoxy groups -OCH3 is 1. The van der Waals surface area contributed by atoms with E-state index in [0.29, 0.717) is 29.3 Å². The van der Waals surface area contributed by atoms with E-state index < -0.39 is 0 Å². The molecule has 1 aromatic heterocycles. The molecule has 0 unspecified atom stereocenters.